The molecule has 0 fully saturated rings. The van der Waals surface area contributed by atoms with E-state index >= 15 is 0 Å². The van der Waals surface area contributed by atoms with Crippen LogP contribution < -0.4 is 14.2 Å². The molecule has 0 aliphatic rings. The Kier molecular flexibility index (Phi) is 7.89. The van der Waals surface area contributed by atoms with E-state index in [2.05, 4.69) is 4.90 Å². The summed E-state index contributed by atoms with van der Waals surface area (Å²) in [6.45, 7) is 1.58. The summed E-state index contributed by atoms with van der Waals surface area (Å²) < 4.78 is 16.3. The number of ketones is 1. The summed E-state index contributed by atoms with van der Waals surface area (Å²) in [4.78, 5) is 14.6. The molecular formula is C22H27NO4. The smallest absolute Gasteiger partial charge is 0.185 e. The molecule has 2 aromatic rings. The summed E-state index contributed by atoms with van der Waals surface area (Å²) in [7, 11) is 7.26. The van der Waals surface area contributed by atoms with Gasteiger partial charge < -0.3 is 19.1 Å². The molecule has 0 radical (unpaired) electrons. The highest BCUT2D eigenvalue weighted by atomic mass is 16.5. The molecule has 27 heavy (non-hydrogen) atoms. The minimum absolute atomic E-state index is 0.0985. The summed E-state index contributed by atoms with van der Waals surface area (Å²) in [5, 5.41) is 0. The van der Waals surface area contributed by atoms with E-state index in [4.69, 9.17) is 14.2 Å². The third kappa shape index (κ3) is 6.46. The van der Waals surface area contributed by atoms with Gasteiger partial charge in [-0.05, 0) is 63.0 Å². The lowest BCUT2D eigenvalue weighted by atomic mass is 10.1. The van der Waals surface area contributed by atoms with Gasteiger partial charge in [-0.1, -0.05) is 12.1 Å². The van der Waals surface area contributed by atoms with Crippen molar-refractivity contribution < 1.29 is 19.0 Å². The Labute approximate surface area is 161 Å². The highest BCUT2D eigenvalue weighted by Gasteiger charge is 2.06. The van der Waals surface area contributed by atoms with Crippen LogP contribution in [0.2, 0.25) is 0 Å². The highest BCUT2D eigenvalue weighted by molar-refractivity contribution is 6.07. The molecule has 0 bridgehead atoms. The minimum atomic E-state index is -0.0985. The molecule has 0 aliphatic carbocycles. The standard InChI is InChI=1S/C22H27NO4/c1-23(2)13-6-14-27-20-8-5-7-17(15-20)21(24)11-9-18-16-19(25-3)10-12-22(18)26-4/h5,7-12,15-16H,6,13-14H2,1-4H3/b11-9+. The predicted octanol–water partition coefficient (Wildman–Crippen LogP) is 3.93. The van der Waals surface area contributed by atoms with Crippen molar-refractivity contribution in [2.24, 2.45) is 0 Å². The lowest BCUT2D eigenvalue weighted by Gasteiger charge is -2.10. The molecule has 0 heterocycles. The zero-order valence-corrected chi connectivity index (χ0v) is 16.4. The second-order valence-electron chi connectivity index (χ2n) is 6.34. The first kappa shape index (κ1) is 20.5. The van der Waals surface area contributed by atoms with Gasteiger partial charge >= 0.3 is 0 Å². The first-order valence-electron chi connectivity index (χ1n) is 8.85. The average molecular weight is 369 g/mol. The van der Waals surface area contributed by atoms with Crippen molar-refractivity contribution in [3.05, 3.63) is 59.7 Å². The van der Waals surface area contributed by atoms with Crippen LogP contribution in [0.4, 0.5) is 0 Å². The summed E-state index contributed by atoms with van der Waals surface area (Å²) in [5.74, 6) is 1.99. The van der Waals surface area contributed by atoms with Crippen LogP contribution in [0.25, 0.3) is 6.08 Å². The van der Waals surface area contributed by atoms with E-state index in [-0.39, 0.29) is 5.78 Å². The third-order valence-electron chi connectivity index (χ3n) is 3.99. The lowest BCUT2D eigenvalue weighted by molar-refractivity contribution is 0.104. The van der Waals surface area contributed by atoms with Crippen LogP contribution in [0.3, 0.4) is 0 Å². The zero-order chi connectivity index (χ0) is 19.6. The molecule has 0 saturated heterocycles. The number of rotatable bonds is 10. The molecule has 2 aromatic carbocycles. The summed E-state index contributed by atoms with van der Waals surface area (Å²) in [5.41, 5.74) is 1.36. The van der Waals surface area contributed by atoms with Crippen LogP contribution in [0, 0.1) is 0 Å². The molecule has 0 aromatic heterocycles. The quantitative estimate of drug-likeness (QED) is 0.361. The van der Waals surface area contributed by atoms with Gasteiger partial charge in [-0.2, -0.15) is 0 Å². The van der Waals surface area contributed by atoms with Crippen LogP contribution in [0.5, 0.6) is 17.2 Å². The monoisotopic (exact) mass is 369 g/mol. The topological polar surface area (TPSA) is 48.0 Å². The molecule has 2 rings (SSSR count). The van der Waals surface area contributed by atoms with Gasteiger partial charge in [-0.15, -0.1) is 0 Å². The molecule has 0 unspecified atom stereocenters. The number of carbonyl (C=O) groups is 1. The van der Waals surface area contributed by atoms with E-state index in [1.54, 1.807) is 32.4 Å². The van der Waals surface area contributed by atoms with Crippen LogP contribution in [0.1, 0.15) is 22.3 Å². The number of methoxy groups -OCH3 is 2. The molecular weight excluding hydrogens is 342 g/mol. The van der Waals surface area contributed by atoms with E-state index in [9.17, 15) is 4.79 Å². The Morgan fingerprint density at radius 3 is 2.56 bits per heavy atom. The van der Waals surface area contributed by atoms with Gasteiger partial charge in [-0.25, -0.2) is 0 Å². The van der Waals surface area contributed by atoms with E-state index in [0.29, 0.717) is 29.4 Å². The van der Waals surface area contributed by atoms with E-state index in [1.807, 2.05) is 44.4 Å². The fourth-order valence-electron chi connectivity index (χ4n) is 2.54. The second-order valence-corrected chi connectivity index (χ2v) is 6.34. The molecule has 0 N–H and O–H groups in total. The molecule has 0 saturated carbocycles. The predicted molar refractivity (Wildman–Crippen MR) is 108 cm³/mol. The lowest BCUT2D eigenvalue weighted by Crippen LogP contribution is -2.15. The molecule has 0 atom stereocenters. The Morgan fingerprint density at radius 2 is 1.85 bits per heavy atom. The van der Waals surface area contributed by atoms with Crippen molar-refractivity contribution in [2.45, 2.75) is 6.42 Å². The summed E-state index contributed by atoms with van der Waals surface area (Å²) in [6.07, 6.45) is 4.19. The van der Waals surface area contributed by atoms with Crippen LogP contribution in [-0.4, -0.2) is 52.1 Å². The average Bonchev–Trinajstić information content (AvgIpc) is 2.69. The van der Waals surface area contributed by atoms with Crippen molar-refractivity contribution in [2.75, 3.05) is 41.5 Å². The van der Waals surface area contributed by atoms with Crippen LogP contribution in [-0.2, 0) is 0 Å². The van der Waals surface area contributed by atoms with Gasteiger partial charge in [0.05, 0.1) is 20.8 Å². The highest BCUT2D eigenvalue weighted by Crippen LogP contribution is 2.25. The SMILES string of the molecule is COc1ccc(OC)c(/C=C/C(=O)c2cccc(OCCCN(C)C)c2)c1. The molecule has 0 aliphatic heterocycles. The Morgan fingerprint density at radius 1 is 1.04 bits per heavy atom. The van der Waals surface area contributed by atoms with Crippen molar-refractivity contribution in [3.8, 4) is 17.2 Å². The molecule has 144 valence electrons. The Bertz CT molecular complexity index is 784. The second kappa shape index (κ2) is 10.4. The van der Waals surface area contributed by atoms with E-state index < -0.39 is 0 Å². The van der Waals surface area contributed by atoms with Crippen molar-refractivity contribution >= 4 is 11.9 Å². The number of allylic oxidation sites excluding steroid dienone is 1. The number of carbonyl (C=O) groups excluding carboxylic acids is 1. The Hall–Kier alpha value is -2.79. The molecule has 0 amide bonds. The third-order valence-corrected chi connectivity index (χ3v) is 3.99. The summed E-state index contributed by atoms with van der Waals surface area (Å²) in [6, 6.07) is 12.7. The van der Waals surface area contributed by atoms with E-state index in [0.717, 1.165) is 18.5 Å². The number of nitrogens with zero attached hydrogens (tertiary/aromatic N) is 1. The number of hydrogen-bond donors (Lipinski definition) is 0. The van der Waals surface area contributed by atoms with Gasteiger partial charge in [0.2, 0.25) is 0 Å². The largest absolute Gasteiger partial charge is 0.497 e. The van der Waals surface area contributed by atoms with Crippen LogP contribution in [0.15, 0.2) is 48.5 Å². The van der Waals surface area contributed by atoms with Gasteiger partial charge in [0.25, 0.3) is 0 Å². The maximum atomic E-state index is 12.5. The summed E-state index contributed by atoms with van der Waals surface area (Å²) >= 11 is 0. The fraction of sp³-hybridized carbons (Fsp3) is 0.318. The normalized spacial score (nSPS) is 11.0. The van der Waals surface area contributed by atoms with E-state index in [1.165, 1.54) is 6.08 Å². The van der Waals surface area contributed by atoms with Gasteiger partial charge in [0.1, 0.15) is 17.2 Å². The number of ether oxygens (including phenoxy) is 3. The maximum Gasteiger partial charge on any atom is 0.185 e. The first-order valence-corrected chi connectivity index (χ1v) is 8.85. The molecule has 5 heteroatoms. The van der Waals surface area contributed by atoms with Gasteiger partial charge in [0.15, 0.2) is 5.78 Å². The molecule has 0 spiro atoms. The zero-order valence-electron chi connectivity index (χ0n) is 16.4. The van der Waals surface area contributed by atoms with Crippen LogP contribution >= 0.6 is 0 Å². The minimum Gasteiger partial charge on any atom is -0.497 e. The maximum absolute atomic E-state index is 12.5. The fourth-order valence-corrected chi connectivity index (χ4v) is 2.54. The van der Waals surface area contributed by atoms with Gasteiger partial charge in [-0.3, -0.25) is 4.79 Å². The van der Waals surface area contributed by atoms with Crippen molar-refractivity contribution in [3.63, 3.8) is 0 Å². The number of hydrogen-bond acceptors (Lipinski definition) is 5. The Balaban J connectivity index is 2.05. The molecule has 5 nitrogen and oxygen atoms in total. The van der Waals surface area contributed by atoms with Crippen molar-refractivity contribution in [1.82, 2.24) is 4.90 Å². The van der Waals surface area contributed by atoms with Gasteiger partial charge in [0, 0.05) is 17.7 Å². The number of benzene rings is 2. The van der Waals surface area contributed by atoms with Crippen molar-refractivity contribution in [1.29, 1.82) is 0 Å². The first-order chi connectivity index (χ1) is 13.0.